The monoisotopic (exact) mass is 178 g/mol. The number of hydrogen-bond donors (Lipinski definition) is 0. The van der Waals surface area contributed by atoms with Crippen molar-refractivity contribution in [2.24, 2.45) is 4.99 Å². The second-order valence-electron chi connectivity index (χ2n) is 3.80. The Bertz CT molecular complexity index is 249. The highest BCUT2D eigenvalue weighted by atomic mass is 15.2. The van der Waals surface area contributed by atoms with Crippen LogP contribution in [0.3, 0.4) is 0 Å². The summed E-state index contributed by atoms with van der Waals surface area (Å²) in [6.07, 6.45) is 3.83. The van der Waals surface area contributed by atoms with E-state index in [2.05, 4.69) is 43.5 Å². The maximum absolute atomic E-state index is 3.72. The van der Waals surface area contributed by atoms with Gasteiger partial charge in [0.25, 0.3) is 0 Å². The third-order valence-corrected chi connectivity index (χ3v) is 2.47. The van der Waals surface area contributed by atoms with Crippen LogP contribution in [-0.4, -0.2) is 30.7 Å². The lowest BCUT2D eigenvalue weighted by Gasteiger charge is -2.19. The highest BCUT2D eigenvalue weighted by molar-refractivity contribution is 5.33. The molecule has 0 N–H and O–H groups in total. The summed E-state index contributed by atoms with van der Waals surface area (Å²) >= 11 is 0. The Kier molecular flexibility index (Phi) is 3.43. The van der Waals surface area contributed by atoms with E-state index < -0.39 is 0 Å². The molecule has 0 fully saturated rings. The largest absolute Gasteiger partial charge is 0.293 e. The highest BCUT2D eigenvalue weighted by Crippen LogP contribution is 2.19. The molecule has 1 rings (SSSR count). The van der Waals surface area contributed by atoms with E-state index in [0.29, 0.717) is 6.04 Å². The second kappa shape index (κ2) is 4.38. The fourth-order valence-corrected chi connectivity index (χ4v) is 1.52. The fraction of sp³-hybridized carbons (Fsp3) is 0.545. The van der Waals surface area contributed by atoms with E-state index >= 15 is 0 Å². The van der Waals surface area contributed by atoms with Crippen molar-refractivity contribution < 1.29 is 0 Å². The molecule has 0 unspecified atom stereocenters. The molecular formula is C11H18N2. The van der Waals surface area contributed by atoms with Gasteiger partial charge in [0.05, 0.1) is 0 Å². The summed E-state index contributed by atoms with van der Waals surface area (Å²) in [6, 6.07) is 0.623. The molecule has 1 aliphatic heterocycles. The summed E-state index contributed by atoms with van der Waals surface area (Å²) in [4.78, 5) is 6.16. The van der Waals surface area contributed by atoms with Gasteiger partial charge in [-0.3, -0.25) is 9.89 Å². The van der Waals surface area contributed by atoms with Crippen LogP contribution < -0.4 is 0 Å². The molecule has 72 valence electrons. The van der Waals surface area contributed by atoms with Crippen LogP contribution in [-0.2, 0) is 0 Å². The summed E-state index contributed by atoms with van der Waals surface area (Å²) in [6.45, 7) is 12.2. The molecule has 0 saturated carbocycles. The molecule has 0 radical (unpaired) electrons. The third kappa shape index (κ3) is 2.52. The lowest BCUT2D eigenvalue weighted by atomic mass is 10.2. The predicted molar refractivity (Wildman–Crippen MR) is 58.1 cm³/mol. The van der Waals surface area contributed by atoms with E-state index in [0.717, 1.165) is 13.1 Å². The van der Waals surface area contributed by atoms with Gasteiger partial charge in [-0.15, -0.1) is 0 Å². The summed E-state index contributed by atoms with van der Waals surface area (Å²) in [5.74, 6) is 0. The van der Waals surface area contributed by atoms with E-state index in [-0.39, 0.29) is 0 Å². The molecule has 2 heteroatoms. The molecule has 1 aliphatic rings. The van der Waals surface area contributed by atoms with Crippen LogP contribution in [0.1, 0.15) is 20.8 Å². The van der Waals surface area contributed by atoms with Gasteiger partial charge in [0, 0.05) is 25.3 Å². The zero-order chi connectivity index (χ0) is 9.84. The van der Waals surface area contributed by atoms with Crippen LogP contribution >= 0.6 is 0 Å². The van der Waals surface area contributed by atoms with E-state index in [1.807, 2.05) is 0 Å². The van der Waals surface area contributed by atoms with Crippen molar-refractivity contribution in [3.63, 3.8) is 0 Å². The first-order chi connectivity index (χ1) is 6.15. The number of rotatable bonds is 3. The van der Waals surface area contributed by atoms with Gasteiger partial charge in [-0.25, -0.2) is 0 Å². The van der Waals surface area contributed by atoms with E-state index in [9.17, 15) is 0 Å². The quantitative estimate of drug-likeness (QED) is 0.605. The number of hydrogen-bond acceptors (Lipinski definition) is 2. The number of aliphatic imine (C=N–C) groups is 1. The average molecular weight is 178 g/mol. The first-order valence-electron chi connectivity index (χ1n) is 4.70. The lowest BCUT2D eigenvalue weighted by Crippen LogP contribution is -2.28. The Morgan fingerprint density at radius 1 is 1.46 bits per heavy atom. The minimum atomic E-state index is 0.623. The van der Waals surface area contributed by atoms with Gasteiger partial charge in [0.15, 0.2) is 0 Å². The SMILES string of the molecule is C=N/C=C\C1=C(C)CN(C(C)C)C1. The molecule has 1 heterocycles. The Morgan fingerprint density at radius 3 is 2.62 bits per heavy atom. The van der Waals surface area contributed by atoms with E-state index in [1.165, 1.54) is 11.1 Å². The standard InChI is InChI=1S/C11H18N2/c1-9(2)13-7-10(3)11(8-13)5-6-12-4/h5-6,9H,4,7-8H2,1-3H3/b6-5-. The van der Waals surface area contributed by atoms with Crippen molar-refractivity contribution >= 4 is 6.72 Å². The van der Waals surface area contributed by atoms with Gasteiger partial charge in [0.2, 0.25) is 0 Å². The maximum atomic E-state index is 3.72. The van der Waals surface area contributed by atoms with Gasteiger partial charge >= 0.3 is 0 Å². The Labute approximate surface area is 80.7 Å². The molecule has 0 aromatic rings. The highest BCUT2D eigenvalue weighted by Gasteiger charge is 2.18. The maximum Gasteiger partial charge on any atom is 0.0263 e. The molecule has 0 atom stereocenters. The van der Waals surface area contributed by atoms with Crippen LogP contribution in [0.2, 0.25) is 0 Å². The second-order valence-corrected chi connectivity index (χ2v) is 3.80. The van der Waals surface area contributed by atoms with Crippen molar-refractivity contribution in [3.05, 3.63) is 23.4 Å². The Hall–Kier alpha value is -0.890. The topological polar surface area (TPSA) is 15.6 Å². The fourth-order valence-electron chi connectivity index (χ4n) is 1.52. The molecule has 0 saturated heterocycles. The minimum absolute atomic E-state index is 0.623. The van der Waals surface area contributed by atoms with Gasteiger partial charge in [-0.2, -0.15) is 0 Å². The summed E-state index contributed by atoms with van der Waals surface area (Å²) in [5, 5.41) is 0. The molecule has 0 aromatic heterocycles. The zero-order valence-electron chi connectivity index (χ0n) is 8.75. The molecule has 0 amide bonds. The van der Waals surface area contributed by atoms with Crippen molar-refractivity contribution in [1.82, 2.24) is 4.90 Å². The van der Waals surface area contributed by atoms with Crippen LogP contribution in [0.4, 0.5) is 0 Å². The molecule has 0 bridgehead atoms. The Balaban J connectivity index is 2.62. The average Bonchev–Trinajstić information content (AvgIpc) is 2.44. The predicted octanol–water partition coefficient (Wildman–Crippen LogP) is 2.24. The molecular weight excluding hydrogens is 160 g/mol. The minimum Gasteiger partial charge on any atom is -0.293 e. The smallest absolute Gasteiger partial charge is 0.0263 e. The van der Waals surface area contributed by atoms with Gasteiger partial charge < -0.3 is 0 Å². The summed E-state index contributed by atoms with van der Waals surface area (Å²) in [7, 11) is 0. The van der Waals surface area contributed by atoms with Crippen molar-refractivity contribution in [1.29, 1.82) is 0 Å². The van der Waals surface area contributed by atoms with Crippen LogP contribution in [0, 0.1) is 0 Å². The summed E-state index contributed by atoms with van der Waals surface area (Å²) in [5.41, 5.74) is 2.84. The molecule has 0 aromatic carbocycles. The van der Waals surface area contributed by atoms with Crippen molar-refractivity contribution in [2.75, 3.05) is 13.1 Å². The van der Waals surface area contributed by atoms with E-state index in [4.69, 9.17) is 0 Å². The summed E-state index contributed by atoms with van der Waals surface area (Å²) < 4.78 is 0. The molecule has 0 spiro atoms. The zero-order valence-corrected chi connectivity index (χ0v) is 8.75. The van der Waals surface area contributed by atoms with E-state index in [1.54, 1.807) is 6.20 Å². The van der Waals surface area contributed by atoms with Crippen LogP contribution in [0.5, 0.6) is 0 Å². The molecule has 13 heavy (non-hydrogen) atoms. The molecule has 2 nitrogen and oxygen atoms in total. The van der Waals surface area contributed by atoms with Gasteiger partial charge in [0.1, 0.15) is 0 Å². The van der Waals surface area contributed by atoms with Gasteiger partial charge in [-0.05, 0) is 39.1 Å². The van der Waals surface area contributed by atoms with Gasteiger partial charge in [-0.1, -0.05) is 5.57 Å². The first-order valence-corrected chi connectivity index (χ1v) is 4.70. The van der Waals surface area contributed by atoms with Crippen LogP contribution in [0.15, 0.2) is 28.4 Å². The first kappa shape index (κ1) is 10.2. The Morgan fingerprint density at radius 2 is 2.15 bits per heavy atom. The normalized spacial score (nSPS) is 19.4. The third-order valence-electron chi connectivity index (χ3n) is 2.47. The van der Waals surface area contributed by atoms with Crippen molar-refractivity contribution in [2.45, 2.75) is 26.8 Å². The lowest BCUT2D eigenvalue weighted by molar-refractivity contribution is 0.282. The number of nitrogens with zero attached hydrogens (tertiary/aromatic N) is 2. The van der Waals surface area contributed by atoms with Crippen molar-refractivity contribution in [3.8, 4) is 0 Å². The molecule has 0 aliphatic carbocycles. The van der Waals surface area contributed by atoms with Crippen LogP contribution in [0.25, 0.3) is 0 Å².